The first-order valence-electron chi connectivity index (χ1n) is 8.28. The Bertz CT molecular complexity index is 881. The molecule has 148 valence electrons. The van der Waals surface area contributed by atoms with E-state index in [1.165, 1.54) is 0 Å². The van der Waals surface area contributed by atoms with E-state index in [-0.39, 0.29) is 6.07 Å². The lowest BCUT2D eigenvalue weighted by molar-refractivity contribution is 0.257. The zero-order valence-corrected chi connectivity index (χ0v) is 14.6. The second-order valence-corrected chi connectivity index (χ2v) is 6.69. The highest BCUT2D eigenvalue weighted by molar-refractivity contribution is 6.79. The van der Waals surface area contributed by atoms with Crippen molar-refractivity contribution < 1.29 is 35.5 Å². The number of hydrogen-bond donors (Lipinski definition) is 0. The smallest absolute Gasteiger partial charge is 0.282 e. The Kier molecular flexibility index (Phi) is 5.21. The largest absolute Gasteiger partial charge is 0.491 e. The molecule has 1 aromatic carbocycles. The van der Waals surface area contributed by atoms with Crippen LogP contribution in [0, 0.1) is 17.5 Å². The number of allylic oxidation sites excluding steroid dienone is 8. The van der Waals surface area contributed by atoms with Crippen molar-refractivity contribution in [3.8, 4) is 5.75 Å². The summed E-state index contributed by atoms with van der Waals surface area (Å²) in [5, 5.41) is 0. The van der Waals surface area contributed by atoms with Crippen molar-refractivity contribution in [2.75, 3.05) is 7.11 Å². The molecule has 2 atom stereocenters. The van der Waals surface area contributed by atoms with E-state index in [0.717, 1.165) is 43.6 Å². The fraction of sp³-hybridized carbons (Fsp3) is 0.263. The highest BCUT2D eigenvalue weighted by atomic mass is 19.2. The second-order valence-electron chi connectivity index (χ2n) is 6.69. The van der Waals surface area contributed by atoms with Crippen LogP contribution in [0.3, 0.4) is 0 Å². The summed E-state index contributed by atoms with van der Waals surface area (Å²) in [6.45, 7) is -2.36. The topological polar surface area (TPSA) is 9.23 Å². The van der Waals surface area contributed by atoms with Gasteiger partial charge < -0.3 is 4.74 Å². The third-order valence-electron chi connectivity index (χ3n) is 4.80. The van der Waals surface area contributed by atoms with E-state index in [1.54, 1.807) is 0 Å². The minimum atomic E-state index is -2.96. The molecule has 0 saturated heterocycles. The van der Waals surface area contributed by atoms with E-state index in [9.17, 15) is 22.0 Å². The van der Waals surface area contributed by atoms with Gasteiger partial charge in [-0.05, 0) is 12.2 Å². The van der Waals surface area contributed by atoms with Crippen molar-refractivity contribution in [1.82, 2.24) is 0 Å². The molecule has 2 unspecified atom stereocenters. The summed E-state index contributed by atoms with van der Waals surface area (Å²) in [7, 11) is 0.889. The number of alkyl halides is 2. The molecule has 0 radical (unpaired) electrons. The number of halogens is 7. The van der Waals surface area contributed by atoms with Crippen LogP contribution in [-0.2, 0) is 0 Å². The maximum atomic E-state index is 15.8. The molecular weight excluding hydrogens is 388 g/mol. The first kappa shape index (κ1) is 20.3. The van der Waals surface area contributed by atoms with Crippen LogP contribution in [0.1, 0.15) is 12.8 Å². The van der Waals surface area contributed by atoms with Gasteiger partial charge in [0.25, 0.3) is 6.71 Å². The highest BCUT2D eigenvalue weighted by Crippen LogP contribution is 2.42. The summed E-state index contributed by atoms with van der Waals surface area (Å²) in [6.07, 6.45) is 3.13. The molecule has 0 fully saturated rings. The Morgan fingerprint density at radius 1 is 0.857 bits per heavy atom. The zero-order chi connectivity index (χ0) is 20.7. The van der Waals surface area contributed by atoms with E-state index >= 15 is 8.78 Å². The minimum absolute atomic E-state index is 0.217. The summed E-state index contributed by atoms with van der Waals surface area (Å²) in [5.74, 6) is -7.74. The summed E-state index contributed by atoms with van der Waals surface area (Å²) >= 11 is 0. The molecule has 0 aliphatic heterocycles. The number of hydrogen-bond acceptors (Lipinski definition) is 1. The first-order chi connectivity index (χ1) is 13.1. The van der Waals surface area contributed by atoms with Crippen molar-refractivity contribution >= 4 is 12.2 Å². The van der Waals surface area contributed by atoms with Gasteiger partial charge in [0.05, 0.1) is 7.11 Å². The summed E-state index contributed by atoms with van der Waals surface area (Å²) in [5.41, 5.74) is -7.11. The quantitative estimate of drug-likeness (QED) is 0.513. The Morgan fingerprint density at radius 3 is 1.79 bits per heavy atom. The summed E-state index contributed by atoms with van der Waals surface area (Å²) < 4.78 is 107. The van der Waals surface area contributed by atoms with E-state index in [1.807, 2.05) is 0 Å². The van der Waals surface area contributed by atoms with Gasteiger partial charge in [0.2, 0.25) is 0 Å². The van der Waals surface area contributed by atoms with Crippen molar-refractivity contribution in [2.24, 2.45) is 0 Å². The van der Waals surface area contributed by atoms with Gasteiger partial charge in [0.1, 0.15) is 28.6 Å². The average molecular weight is 402 g/mol. The molecule has 28 heavy (non-hydrogen) atoms. The van der Waals surface area contributed by atoms with Gasteiger partial charge in [0, 0.05) is 24.4 Å². The monoisotopic (exact) mass is 402 g/mol. The molecule has 0 spiro atoms. The molecule has 0 bridgehead atoms. The van der Waals surface area contributed by atoms with Gasteiger partial charge in [-0.1, -0.05) is 24.3 Å². The fourth-order valence-electron chi connectivity index (χ4n) is 3.69. The van der Waals surface area contributed by atoms with Gasteiger partial charge in [-0.15, -0.1) is 0 Å². The summed E-state index contributed by atoms with van der Waals surface area (Å²) in [6, 6.07) is 0.217. The molecule has 2 aliphatic rings. The van der Waals surface area contributed by atoms with Crippen LogP contribution < -0.4 is 10.2 Å². The maximum Gasteiger partial charge on any atom is 0.282 e. The molecule has 1 aromatic rings. The number of benzene rings is 1. The third kappa shape index (κ3) is 3.38. The van der Waals surface area contributed by atoms with Crippen molar-refractivity contribution in [3.05, 3.63) is 71.6 Å². The Morgan fingerprint density at radius 2 is 1.36 bits per heavy atom. The molecular formula is C19H14BF7O. The molecule has 3 rings (SSSR count). The second kappa shape index (κ2) is 7.18. The number of ether oxygens (including phenoxy) is 1. The molecule has 0 N–H and O–H groups in total. The Balaban J connectivity index is 2.28. The van der Waals surface area contributed by atoms with Crippen LogP contribution in [0.15, 0.2) is 54.2 Å². The van der Waals surface area contributed by atoms with Crippen LogP contribution in [0.2, 0.25) is 0 Å². The molecule has 2 aliphatic carbocycles. The van der Waals surface area contributed by atoms with E-state index in [2.05, 4.69) is 4.74 Å². The van der Waals surface area contributed by atoms with Gasteiger partial charge in [-0.25, -0.2) is 30.7 Å². The van der Waals surface area contributed by atoms with Crippen LogP contribution in [-0.4, -0.2) is 25.0 Å². The molecule has 0 saturated carbocycles. The lowest BCUT2D eigenvalue weighted by Crippen LogP contribution is -2.64. The van der Waals surface area contributed by atoms with E-state index in [4.69, 9.17) is 0 Å². The van der Waals surface area contributed by atoms with E-state index in [0.29, 0.717) is 0 Å². The normalized spacial score (nSPS) is 26.7. The number of methoxy groups -OCH3 is 1. The highest BCUT2D eigenvalue weighted by Gasteiger charge is 2.58. The van der Waals surface area contributed by atoms with Gasteiger partial charge >= 0.3 is 0 Å². The predicted molar refractivity (Wildman–Crippen MR) is 91.8 cm³/mol. The number of rotatable bonds is 4. The van der Waals surface area contributed by atoms with Crippen molar-refractivity contribution in [2.45, 2.75) is 24.0 Å². The average Bonchev–Trinajstić information content (AvgIpc) is 2.58. The van der Waals surface area contributed by atoms with Gasteiger partial charge in [-0.3, -0.25) is 0 Å². The fourth-order valence-corrected chi connectivity index (χ4v) is 3.69. The Hall–Kier alpha value is -2.45. The molecule has 0 amide bonds. The predicted octanol–water partition coefficient (Wildman–Crippen LogP) is 4.94. The van der Waals surface area contributed by atoms with E-state index < -0.39 is 71.0 Å². The third-order valence-corrected chi connectivity index (χ3v) is 4.80. The van der Waals surface area contributed by atoms with Gasteiger partial charge in [-0.2, -0.15) is 0 Å². The SMILES string of the molecule is COc1c(F)cc(F)c(B(C2(F)C=CC=C(F)C2)C2(F)C=CC=C(F)C2)c1F. The lowest BCUT2D eigenvalue weighted by atomic mass is 9.26. The maximum absolute atomic E-state index is 15.8. The standard InChI is InChI=1S/C19H14BF7O/c1-28-17-14(24)8-13(23)15(16(17)25)20(18(26)6-2-4-11(21)9-18)19(27)7-3-5-12(22)10-19/h2-8H,9-10H2,1H3. The molecule has 1 nitrogen and oxygen atoms in total. The first-order valence-corrected chi connectivity index (χ1v) is 8.28. The molecule has 9 heteroatoms. The van der Waals surface area contributed by atoms with Crippen LogP contribution in [0.4, 0.5) is 30.7 Å². The Labute approximate surface area is 157 Å². The molecule has 0 aromatic heterocycles. The minimum Gasteiger partial charge on any atom is -0.491 e. The molecule has 0 heterocycles. The van der Waals surface area contributed by atoms with Crippen molar-refractivity contribution in [3.63, 3.8) is 0 Å². The van der Waals surface area contributed by atoms with Crippen LogP contribution >= 0.6 is 0 Å². The van der Waals surface area contributed by atoms with Crippen molar-refractivity contribution in [1.29, 1.82) is 0 Å². The summed E-state index contributed by atoms with van der Waals surface area (Å²) in [4.78, 5) is 0. The van der Waals surface area contributed by atoms with Gasteiger partial charge in [0.15, 0.2) is 17.4 Å². The zero-order valence-electron chi connectivity index (χ0n) is 14.6. The lowest BCUT2D eigenvalue weighted by Gasteiger charge is -2.39. The van der Waals surface area contributed by atoms with Crippen LogP contribution in [0.5, 0.6) is 5.75 Å². The van der Waals surface area contributed by atoms with Crippen LogP contribution in [0.25, 0.3) is 0 Å².